The van der Waals surface area contributed by atoms with Gasteiger partial charge in [0.1, 0.15) is 5.88 Å². The highest BCUT2D eigenvalue weighted by Gasteiger charge is 2.37. The van der Waals surface area contributed by atoms with Crippen molar-refractivity contribution in [3.63, 3.8) is 0 Å². The fourth-order valence-corrected chi connectivity index (χ4v) is 1.48. The molecular formula is C9H16ClNO. The van der Waals surface area contributed by atoms with Crippen molar-refractivity contribution in [3.05, 3.63) is 0 Å². The molecule has 0 aromatic rings. The third-order valence-electron chi connectivity index (χ3n) is 2.55. The van der Waals surface area contributed by atoms with Crippen LogP contribution in [0, 0.1) is 11.3 Å². The molecule has 1 N–H and O–H groups in total. The first-order valence-corrected chi connectivity index (χ1v) is 4.92. The van der Waals surface area contributed by atoms with Gasteiger partial charge in [-0.1, -0.05) is 13.8 Å². The van der Waals surface area contributed by atoms with Gasteiger partial charge in [-0.2, -0.15) is 0 Å². The highest BCUT2D eigenvalue weighted by molar-refractivity contribution is 6.27. The van der Waals surface area contributed by atoms with Gasteiger partial charge in [0.2, 0.25) is 5.91 Å². The Morgan fingerprint density at radius 3 is 2.58 bits per heavy atom. The number of hydrogen-bond acceptors (Lipinski definition) is 1. The number of halogens is 1. The molecule has 70 valence electrons. The molecule has 0 unspecified atom stereocenters. The van der Waals surface area contributed by atoms with Crippen LogP contribution in [-0.2, 0) is 4.79 Å². The predicted molar refractivity (Wildman–Crippen MR) is 50.2 cm³/mol. The minimum atomic E-state index is -0.0645. The van der Waals surface area contributed by atoms with Gasteiger partial charge < -0.3 is 5.32 Å². The van der Waals surface area contributed by atoms with Gasteiger partial charge in [0, 0.05) is 6.54 Å². The standard InChI is InChI=1S/C9H16ClNO/c1-9(2,7-3-4-7)6-11-8(12)5-10/h7H,3-6H2,1-2H3,(H,11,12). The molecule has 1 saturated carbocycles. The predicted octanol–water partition coefficient (Wildman–Crippen LogP) is 1.78. The molecule has 3 heteroatoms. The van der Waals surface area contributed by atoms with Gasteiger partial charge in [0.15, 0.2) is 0 Å². The van der Waals surface area contributed by atoms with Crippen LogP contribution in [0.15, 0.2) is 0 Å². The topological polar surface area (TPSA) is 29.1 Å². The average molecular weight is 190 g/mol. The molecule has 0 aliphatic heterocycles. The second-order valence-electron chi connectivity index (χ2n) is 4.17. The molecule has 0 spiro atoms. The van der Waals surface area contributed by atoms with Gasteiger partial charge in [-0.3, -0.25) is 4.79 Å². The van der Waals surface area contributed by atoms with E-state index in [-0.39, 0.29) is 17.2 Å². The van der Waals surface area contributed by atoms with Gasteiger partial charge in [0.05, 0.1) is 0 Å². The molecule has 12 heavy (non-hydrogen) atoms. The van der Waals surface area contributed by atoms with Gasteiger partial charge in [0.25, 0.3) is 0 Å². The van der Waals surface area contributed by atoms with Crippen LogP contribution in [0.1, 0.15) is 26.7 Å². The van der Waals surface area contributed by atoms with Gasteiger partial charge in [-0.15, -0.1) is 11.6 Å². The molecule has 2 nitrogen and oxygen atoms in total. The highest BCUT2D eigenvalue weighted by atomic mass is 35.5. The molecule has 0 heterocycles. The van der Waals surface area contributed by atoms with Crippen molar-refractivity contribution in [3.8, 4) is 0 Å². The Kier molecular flexibility index (Phi) is 2.99. The molecule has 0 aromatic carbocycles. The van der Waals surface area contributed by atoms with E-state index in [1.54, 1.807) is 0 Å². The summed E-state index contributed by atoms with van der Waals surface area (Å²) in [5.41, 5.74) is 0.252. The lowest BCUT2D eigenvalue weighted by Crippen LogP contribution is -2.35. The minimum Gasteiger partial charge on any atom is -0.355 e. The monoisotopic (exact) mass is 189 g/mol. The summed E-state index contributed by atoms with van der Waals surface area (Å²) in [5, 5.41) is 2.82. The number of nitrogens with one attached hydrogen (secondary N) is 1. The lowest BCUT2D eigenvalue weighted by Gasteiger charge is -2.24. The van der Waals surface area contributed by atoms with Crippen LogP contribution in [0.25, 0.3) is 0 Å². The zero-order valence-corrected chi connectivity index (χ0v) is 8.45. The maximum absolute atomic E-state index is 10.9. The third-order valence-corrected chi connectivity index (χ3v) is 2.79. The summed E-state index contributed by atoms with van der Waals surface area (Å²) in [6.45, 7) is 5.14. The van der Waals surface area contributed by atoms with E-state index < -0.39 is 0 Å². The minimum absolute atomic E-state index is 0.0645. The Hall–Kier alpha value is -0.240. The van der Waals surface area contributed by atoms with Crippen molar-refractivity contribution in [1.29, 1.82) is 0 Å². The zero-order chi connectivity index (χ0) is 9.19. The number of carbonyl (C=O) groups excluding carboxylic acids is 1. The van der Waals surface area contributed by atoms with Gasteiger partial charge in [-0.05, 0) is 24.2 Å². The van der Waals surface area contributed by atoms with Crippen LogP contribution in [-0.4, -0.2) is 18.3 Å². The second kappa shape index (κ2) is 3.65. The van der Waals surface area contributed by atoms with E-state index in [0.29, 0.717) is 0 Å². The molecule has 0 atom stereocenters. The van der Waals surface area contributed by atoms with E-state index in [9.17, 15) is 4.79 Å². The van der Waals surface area contributed by atoms with E-state index >= 15 is 0 Å². The summed E-state index contributed by atoms with van der Waals surface area (Å²) in [6.07, 6.45) is 2.62. The summed E-state index contributed by atoms with van der Waals surface area (Å²) in [4.78, 5) is 10.9. The largest absolute Gasteiger partial charge is 0.355 e. The Labute approximate surface area is 78.7 Å². The van der Waals surface area contributed by atoms with Crippen LogP contribution in [0.4, 0.5) is 0 Å². The summed E-state index contributed by atoms with van der Waals surface area (Å²) < 4.78 is 0. The molecule has 1 fully saturated rings. The molecular weight excluding hydrogens is 174 g/mol. The first-order valence-electron chi connectivity index (χ1n) is 4.39. The van der Waals surface area contributed by atoms with Crippen LogP contribution in [0.5, 0.6) is 0 Å². The number of hydrogen-bond donors (Lipinski definition) is 1. The SMILES string of the molecule is CC(C)(CNC(=O)CCl)C1CC1. The van der Waals surface area contributed by atoms with Crippen molar-refractivity contribution in [1.82, 2.24) is 5.32 Å². The van der Waals surface area contributed by atoms with Crippen LogP contribution in [0.3, 0.4) is 0 Å². The van der Waals surface area contributed by atoms with E-state index in [1.165, 1.54) is 12.8 Å². The summed E-state index contributed by atoms with van der Waals surface area (Å²) >= 11 is 5.36. The second-order valence-corrected chi connectivity index (χ2v) is 4.44. The van der Waals surface area contributed by atoms with Crippen molar-refractivity contribution in [2.24, 2.45) is 11.3 Å². The Balaban J connectivity index is 2.24. The molecule has 0 bridgehead atoms. The number of carbonyl (C=O) groups is 1. The van der Waals surface area contributed by atoms with E-state index in [0.717, 1.165) is 12.5 Å². The van der Waals surface area contributed by atoms with E-state index in [1.807, 2.05) is 0 Å². The highest BCUT2D eigenvalue weighted by Crippen LogP contribution is 2.44. The van der Waals surface area contributed by atoms with Crippen molar-refractivity contribution < 1.29 is 4.79 Å². The average Bonchev–Trinajstić information content (AvgIpc) is 2.82. The number of amides is 1. The van der Waals surface area contributed by atoms with Crippen LogP contribution >= 0.6 is 11.6 Å². The lowest BCUT2D eigenvalue weighted by molar-refractivity contribution is -0.119. The molecule has 1 aliphatic rings. The summed E-state index contributed by atoms with van der Waals surface area (Å²) in [5.74, 6) is 0.805. The number of alkyl halides is 1. The van der Waals surface area contributed by atoms with E-state index in [2.05, 4.69) is 19.2 Å². The molecule has 1 aliphatic carbocycles. The molecule has 0 saturated heterocycles. The van der Waals surface area contributed by atoms with Crippen molar-refractivity contribution in [2.75, 3.05) is 12.4 Å². The maximum atomic E-state index is 10.9. The number of rotatable bonds is 4. The molecule has 0 radical (unpaired) electrons. The first kappa shape index (κ1) is 9.85. The van der Waals surface area contributed by atoms with Crippen molar-refractivity contribution >= 4 is 17.5 Å². The van der Waals surface area contributed by atoms with Crippen LogP contribution in [0.2, 0.25) is 0 Å². The fraction of sp³-hybridized carbons (Fsp3) is 0.889. The summed E-state index contributed by atoms with van der Waals surface area (Å²) in [7, 11) is 0. The van der Waals surface area contributed by atoms with Crippen LogP contribution < -0.4 is 5.32 Å². The quantitative estimate of drug-likeness (QED) is 0.672. The zero-order valence-electron chi connectivity index (χ0n) is 7.69. The maximum Gasteiger partial charge on any atom is 0.234 e. The Morgan fingerprint density at radius 2 is 2.17 bits per heavy atom. The van der Waals surface area contributed by atoms with Crippen molar-refractivity contribution in [2.45, 2.75) is 26.7 Å². The Morgan fingerprint density at radius 1 is 1.58 bits per heavy atom. The molecule has 1 amide bonds. The molecule has 1 rings (SSSR count). The normalized spacial score (nSPS) is 17.6. The molecule has 0 aromatic heterocycles. The third kappa shape index (κ3) is 2.67. The summed E-state index contributed by atoms with van der Waals surface area (Å²) in [6, 6.07) is 0. The smallest absolute Gasteiger partial charge is 0.234 e. The first-order chi connectivity index (χ1) is 5.56. The Bertz CT molecular complexity index is 175. The van der Waals surface area contributed by atoms with Gasteiger partial charge >= 0.3 is 0 Å². The fourth-order valence-electron chi connectivity index (χ4n) is 1.38. The lowest BCUT2D eigenvalue weighted by atomic mass is 9.87. The van der Waals surface area contributed by atoms with Gasteiger partial charge in [-0.25, -0.2) is 0 Å². The van der Waals surface area contributed by atoms with E-state index in [4.69, 9.17) is 11.6 Å².